The average Bonchev–Trinajstić information content (AvgIpc) is 3.31. The minimum Gasteiger partial charge on any atom is -0.497 e. The maximum Gasteiger partial charge on any atom is 0.253 e. The van der Waals surface area contributed by atoms with E-state index in [2.05, 4.69) is 0 Å². The molecule has 0 aliphatic carbocycles. The van der Waals surface area contributed by atoms with Crippen LogP contribution < -0.4 is 14.9 Å². The van der Waals surface area contributed by atoms with E-state index < -0.39 is 5.60 Å². The first kappa shape index (κ1) is 23.0. The van der Waals surface area contributed by atoms with Crippen LogP contribution in [-0.2, 0) is 0 Å². The molecular formula is C30H25NO6. The highest BCUT2D eigenvalue weighted by atomic mass is 16.5. The Morgan fingerprint density at radius 2 is 1.81 bits per heavy atom. The van der Waals surface area contributed by atoms with E-state index in [1.54, 1.807) is 60.5 Å². The predicted molar refractivity (Wildman–Crippen MR) is 138 cm³/mol. The van der Waals surface area contributed by atoms with Crippen LogP contribution >= 0.6 is 0 Å². The monoisotopic (exact) mass is 495 g/mol. The van der Waals surface area contributed by atoms with E-state index in [9.17, 15) is 14.4 Å². The van der Waals surface area contributed by atoms with Gasteiger partial charge in [0.1, 0.15) is 28.4 Å². The Bertz CT molecular complexity index is 1620. The molecule has 0 bridgehead atoms. The van der Waals surface area contributed by atoms with Crippen LogP contribution in [0.3, 0.4) is 0 Å². The number of methoxy groups -OCH3 is 1. The highest BCUT2D eigenvalue weighted by Crippen LogP contribution is 2.40. The lowest BCUT2D eigenvalue weighted by atomic mass is 9.89. The fourth-order valence-corrected chi connectivity index (χ4v) is 5.22. The topological polar surface area (TPSA) is 86.0 Å². The third kappa shape index (κ3) is 4.06. The standard InChI is InChI=1S/C30H25NO6/c1-18-3-9-26-22(13-18)24(32)15-28(36-26)19-4-6-20(7-5-19)29(34)31-12-11-30(17-31)16-25(33)23-14-21(35-2)8-10-27(23)37-30/h3-10,13-15H,11-12,16-17H2,1-2H3. The highest BCUT2D eigenvalue weighted by Gasteiger charge is 2.47. The van der Waals surface area contributed by atoms with E-state index >= 15 is 0 Å². The summed E-state index contributed by atoms with van der Waals surface area (Å²) in [5, 5.41) is 0.545. The summed E-state index contributed by atoms with van der Waals surface area (Å²) in [4.78, 5) is 40.5. The number of likely N-dealkylation sites (tertiary alicyclic amines) is 1. The quantitative estimate of drug-likeness (QED) is 0.396. The molecule has 1 unspecified atom stereocenters. The number of Topliss-reactive ketones (excluding diaryl/α,β-unsaturated/α-hetero) is 1. The minimum absolute atomic E-state index is 0.00848. The molecule has 0 radical (unpaired) electrons. The van der Waals surface area contributed by atoms with E-state index in [-0.39, 0.29) is 23.5 Å². The van der Waals surface area contributed by atoms with E-state index in [0.717, 1.165) is 5.56 Å². The van der Waals surface area contributed by atoms with Crippen molar-refractivity contribution < 1.29 is 23.5 Å². The third-order valence-corrected chi connectivity index (χ3v) is 7.20. The lowest BCUT2D eigenvalue weighted by molar-refractivity contribution is 0.0427. The van der Waals surface area contributed by atoms with Gasteiger partial charge in [0, 0.05) is 30.2 Å². The van der Waals surface area contributed by atoms with E-state index in [0.29, 0.717) is 64.4 Å². The van der Waals surface area contributed by atoms with E-state index in [1.807, 2.05) is 19.1 Å². The zero-order chi connectivity index (χ0) is 25.7. The molecule has 2 aliphatic heterocycles. The maximum absolute atomic E-state index is 13.3. The number of amides is 1. The van der Waals surface area contributed by atoms with Gasteiger partial charge in [0.25, 0.3) is 5.91 Å². The molecule has 1 aromatic heterocycles. The van der Waals surface area contributed by atoms with Gasteiger partial charge in [0.05, 0.1) is 31.0 Å². The summed E-state index contributed by atoms with van der Waals surface area (Å²) in [7, 11) is 1.56. The number of hydrogen-bond donors (Lipinski definition) is 0. The Labute approximate surface area is 213 Å². The second-order valence-electron chi connectivity index (χ2n) is 9.78. The molecule has 186 valence electrons. The molecule has 3 heterocycles. The molecule has 0 N–H and O–H groups in total. The first-order valence-corrected chi connectivity index (χ1v) is 12.2. The van der Waals surface area contributed by atoms with Gasteiger partial charge in [-0.3, -0.25) is 14.4 Å². The zero-order valence-corrected chi connectivity index (χ0v) is 20.6. The van der Waals surface area contributed by atoms with Gasteiger partial charge < -0.3 is 18.8 Å². The minimum atomic E-state index is -0.721. The number of ketones is 1. The van der Waals surface area contributed by atoms with Gasteiger partial charge in [-0.2, -0.15) is 0 Å². The molecule has 0 saturated carbocycles. The Hall–Kier alpha value is -4.39. The summed E-state index contributed by atoms with van der Waals surface area (Å²) in [5.74, 6) is 1.45. The third-order valence-electron chi connectivity index (χ3n) is 7.20. The van der Waals surface area contributed by atoms with Crippen molar-refractivity contribution >= 4 is 22.7 Å². The lowest BCUT2D eigenvalue weighted by Crippen LogP contribution is -2.45. The van der Waals surface area contributed by atoms with E-state index in [1.165, 1.54) is 6.07 Å². The SMILES string of the molecule is COc1ccc2c(c1)C(=O)CC1(CCN(C(=O)c3ccc(-c4cc(=O)c5cc(C)ccc5o4)cc3)C1)O2. The van der Waals surface area contributed by atoms with Crippen LogP contribution in [0.15, 0.2) is 75.9 Å². The number of nitrogens with zero attached hydrogens (tertiary/aromatic N) is 1. The van der Waals surface area contributed by atoms with Crippen LogP contribution in [0.2, 0.25) is 0 Å². The Balaban J connectivity index is 1.20. The highest BCUT2D eigenvalue weighted by molar-refractivity contribution is 6.01. The molecule has 1 amide bonds. The fraction of sp³-hybridized carbons (Fsp3) is 0.233. The number of benzene rings is 3. The number of carbonyl (C=O) groups is 2. The summed E-state index contributed by atoms with van der Waals surface area (Å²) in [6.45, 7) is 2.77. The van der Waals surface area contributed by atoms with Crippen molar-refractivity contribution in [1.29, 1.82) is 0 Å². The van der Waals surface area contributed by atoms with Crippen LogP contribution in [0.4, 0.5) is 0 Å². The van der Waals surface area contributed by atoms with Gasteiger partial charge in [0.2, 0.25) is 0 Å². The first-order chi connectivity index (χ1) is 17.8. The number of rotatable bonds is 3. The van der Waals surface area contributed by atoms with Crippen LogP contribution in [0.25, 0.3) is 22.3 Å². The predicted octanol–water partition coefficient (Wildman–Crippen LogP) is 5.03. The van der Waals surface area contributed by atoms with Gasteiger partial charge in [0.15, 0.2) is 11.2 Å². The molecule has 1 spiro atoms. The van der Waals surface area contributed by atoms with Crippen LogP contribution in [0.1, 0.15) is 39.1 Å². The molecule has 4 aromatic rings. The number of carbonyl (C=O) groups excluding carboxylic acids is 2. The van der Waals surface area contributed by atoms with Gasteiger partial charge in [-0.05, 0) is 49.4 Å². The molecule has 3 aromatic carbocycles. The van der Waals surface area contributed by atoms with Crippen molar-refractivity contribution in [2.45, 2.75) is 25.4 Å². The van der Waals surface area contributed by atoms with Crippen LogP contribution in [0.5, 0.6) is 11.5 Å². The van der Waals surface area contributed by atoms with Gasteiger partial charge >= 0.3 is 0 Å². The van der Waals surface area contributed by atoms with Crippen LogP contribution in [-0.4, -0.2) is 42.4 Å². The second-order valence-corrected chi connectivity index (χ2v) is 9.78. The van der Waals surface area contributed by atoms with E-state index in [4.69, 9.17) is 13.9 Å². The van der Waals surface area contributed by atoms with Crippen molar-refractivity contribution in [3.63, 3.8) is 0 Å². The number of ether oxygens (including phenoxy) is 2. The van der Waals surface area contributed by atoms with Crippen molar-refractivity contribution in [3.8, 4) is 22.8 Å². The van der Waals surface area contributed by atoms with Crippen molar-refractivity contribution in [2.24, 2.45) is 0 Å². The van der Waals surface area contributed by atoms with Crippen molar-refractivity contribution in [1.82, 2.24) is 4.90 Å². The Kier molecular flexibility index (Phi) is 5.37. The largest absolute Gasteiger partial charge is 0.497 e. The number of aryl methyl sites for hydroxylation is 1. The number of hydrogen-bond acceptors (Lipinski definition) is 6. The summed E-state index contributed by atoms with van der Waals surface area (Å²) < 4.78 is 17.5. The summed E-state index contributed by atoms with van der Waals surface area (Å²) in [5.41, 5.74) is 2.44. The van der Waals surface area contributed by atoms with Gasteiger partial charge in [-0.15, -0.1) is 0 Å². The molecule has 2 aliphatic rings. The van der Waals surface area contributed by atoms with Gasteiger partial charge in [-0.1, -0.05) is 23.8 Å². The van der Waals surface area contributed by atoms with Gasteiger partial charge in [-0.25, -0.2) is 0 Å². The van der Waals surface area contributed by atoms with Crippen LogP contribution in [0, 0.1) is 6.92 Å². The molecule has 6 rings (SSSR count). The molecule has 7 nitrogen and oxygen atoms in total. The van der Waals surface area contributed by atoms with Crippen molar-refractivity contribution in [2.75, 3.05) is 20.2 Å². The summed E-state index contributed by atoms with van der Waals surface area (Å²) >= 11 is 0. The summed E-state index contributed by atoms with van der Waals surface area (Å²) in [6, 6.07) is 19.2. The maximum atomic E-state index is 13.3. The second kappa shape index (κ2) is 8.62. The summed E-state index contributed by atoms with van der Waals surface area (Å²) in [6.07, 6.45) is 0.798. The Morgan fingerprint density at radius 3 is 2.59 bits per heavy atom. The zero-order valence-electron chi connectivity index (χ0n) is 20.6. The molecular weight excluding hydrogens is 470 g/mol. The molecule has 1 fully saturated rings. The first-order valence-electron chi connectivity index (χ1n) is 12.2. The van der Waals surface area contributed by atoms with Crippen molar-refractivity contribution in [3.05, 3.63) is 93.6 Å². The normalized spacial score (nSPS) is 18.6. The molecule has 7 heteroatoms. The molecule has 37 heavy (non-hydrogen) atoms. The molecule has 1 atom stereocenters. The smallest absolute Gasteiger partial charge is 0.253 e. The lowest BCUT2D eigenvalue weighted by Gasteiger charge is -2.34. The molecule has 1 saturated heterocycles. The number of fused-ring (bicyclic) bond motifs is 2. The Morgan fingerprint density at radius 1 is 1.00 bits per heavy atom. The fourth-order valence-electron chi connectivity index (χ4n) is 5.22. The average molecular weight is 496 g/mol.